The minimum Gasteiger partial charge on any atom is -0.329 e. The molecular weight excluding hydrogens is 220 g/mol. The number of nitrogens with two attached hydrogens (primary N) is 1. The average Bonchev–Trinajstić information content (AvgIpc) is 2.64. The van der Waals surface area contributed by atoms with Gasteiger partial charge >= 0.3 is 0 Å². The fourth-order valence-electron chi connectivity index (χ4n) is 4.23. The van der Waals surface area contributed by atoms with Gasteiger partial charge in [0.25, 0.3) is 0 Å². The van der Waals surface area contributed by atoms with Crippen LogP contribution in [-0.4, -0.2) is 30.1 Å². The van der Waals surface area contributed by atoms with Crippen LogP contribution in [0.5, 0.6) is 0 Å². The van der Waals surface area contributed by atoms with Crippen molar-refractivity contribution in [1.29, 1.82) is 0 Å². The Morgan fingerprint density at radius 2 is 1.72 bits per heavy atom. The van der Waals surface area contributed by atoms with Crippen LogP contribution >= 0.6 is 0 Å². The molecule has 0 radical (unpaired) electrons. The summed E-state index contributed by atoms with van der Waals surface area (Å²) in [5.74, 6) is 0.909. The van der Waals surface area contributed by atoms with Crippen molar-refractivity contribution in [2.45, 2.75) is 82.7 Å². The first-order valence-electron chi connectivity index (χ1n) is 8.11. The van der Waals surface area contributed by atoms with Crippen LogP contribution in [0.3, 0.4) is 0 Å². The summed E-state index contributed by atoms with van der Waals surface area (Å²) in [6.07, 6.45) is 13.9. The van der Waals surface area contributed by atoms with Gasteiger partial charge in [0.15, 0.2) is 0 Å². The lowest BCUT2D eigenvalue weighted by atomic mass is 9.81. The van der Waals surface area contributed by atoms with Crippen molar-refractivity contribution in [1.82, 2.24) is 4.90 Å². The maximum Gasteiger partial charge on any atom is 0.0331 e. The Morgan fingerprint density at radius 3 is 2.28 bits per heavy atom. The SMILES string of the molecule is CC1CCCC(N(C)C2(CN)CCCCCC2)C1. The van der Waals surface area contributed by atoms with E-state index in [1.54, 1.807) is 0 Å². The molecule has 2 atom stereocenters. The lowest BCUT2D eigenvalue weighted by Crippen LogP contribution is -2.56. The number of rotatable bonds is 3. The monoisotopic (exact) mass is 252 g/mol. The summed E-state index contributed by atoms with van der Waals surface area (Å²) in [4.78, 5) is 2.70. The predicted molar refractivity (Wildman–Crippen MR) is 78.7 cm³/mol. The molecule has 0 bridgehead atoms. The maximum atomic E-state index is 6.21. The number of nitrogens with zero attached hydrogens (tertiary/aromatic N) is 1. The van der Waals surface area contributed by atoms with Gasteiger partial charge in [0.05, 0.1) is 0 Å². The van der Waals surface area contributed by atoms with E-state index in [9.17, 15) is 0 Å². The highest BCUT2D eigenvalue weighted by atomic mass is 15.2. The molecule has 2 fully saturated rings. The molecule has 2 rings (SSSR count). The fourth-order valence-corrected chi connectivity index (χ4v) is 4.23. The van der Waals surface area contributed by atoms with Crippen LogP contribution in [0.1, 0.15) is 71.1 Å². The quantitative estimate of drug-likeness (QED) is 0.778. The lowest BCUT2D eigenvalue weighted by Gasteiger charge is -2.47. The third kappa shape index (κ3) is 3.08. The van der Waals surface area contributed by atoms with Gasteiger partial charge in [-0.1, -0.05) is 45.4 Å². The molecule has 2 aliphatic rings. The minimum absolute atomic E-state index is 0.318. The molecule has 2 heteroatoms. The Kier molecular flexibility index (Phi) is 5.08. The van der Waals surface area contributed by atoms with Gasteiger partial charge in [-0.15, -0.1) is 0 Å². The molecule has 2 N–H and O–H groups in total. The van der Waals surface area contributed by atoms with Crippen molar-refractivity contribution in [3.05, 3.63) is 0 Å². The molecule has 0 aromatic carbocycles. The average molecular weight is 252 g/mol. The lowest BCUT2D eigenvalue weighted by molar-refractivity contribution is 0.0358. The zero-order chi connectivity index (χ0) is 13.0. The molecule has 0 spiro atoms. The molecule has 0 aliphatic heterocycles. The van der Waals surface area contributed by atoms with Gasteiger partial charge in [-0.05, 0) is 38.6 Å². The van der Waals surface area contributed by atoms with Crippen LogP contribution in [-0.2, 0) is 0 Å². The first-order chi connectivity index (χ1) is 8.68. The molecule has 0 heterocycles. The normalized spacial score (nSPS) is 33.3. The first kappa shape index (κ1) is 14.3. The van der Waals surface area contributed by atoms with Crippen LogP contribution in [0.2, 0.25) is 0 Å². The van der Waals surface area contributed by atoms with Gasteiger partial charge in [0, 0.05) is 18.1 Å². The van der Waals surface area contributed by atoms with Crippen molar-refractivity contribution in [3.8, 4) is 0 Å². The summed E-state index contributed by atoms with van der Waals surface area (Å²) in [5, 5.41) is 0. The highest BCUT2D eigenvalue weighted by molar-refractivity contribution is 4.95. The van der Waals surface area contributed by atoms with Gasteiger partial charge in [0.1, 0.15) is 0 Å². The second-order valence-corrected chi connectivity index (χ2v) is 6.88. The van der Waals surface area contributed by atoms with E-state index in [4.69, 9.17) is 5.73 Å². The topological polar surface area (TPSA) is 29.3 Å². The molecule has 106 valence electrons. The fraction of sp³-hybridized carbons (Fsp3) is 1.00. The molecular formula is C16H32N2. The zero-order valence-electron chi connectivity index (χ0n) is 12.5. The van der Waals surface area contributed by atoms with E-state index < -0.39 is 0 Å². The molecule has 0 amide bonds. The standard InChI is InChI=1S/C16H32N2/c1-14-8-7-9-15(12-14)18(2)16(13-17)10-5-3-4-6-11-16/h14-15H,3-13,17H2,1-2H3. The van der Waals surface area contributed by atoms with E-state index >= 15 is 0 Å². The van der Waals surface area contributed by atoms with Crippen molar-refractivity contribution in [2.75, 3.05) is 13.6 Å². The highest BCUT2D eigenvalue weighted by Gasteiger charge is 2.38. The second-order valence-electron chi connectivity index (χ2n) is 6.88. The van der Waals surface area contributed by atoms with Gasteiger partial charge in [-0.2, -0.15) is 0 Å². The Morgan fingerprint density at radius 1 is 1.06 bits per heavy atom. The van der Waals surface area contributed by atoms with E-state index in [2.05, 4.69) is 18.9 Å². The van der Waals surface area contributed by atoms with E-state index in [1.165, 1.54) is 64.2 Å². The van der Waals surface area contributed by atoms with Crippen LogP contribution in [0.4, 0.5) is 0 Å². The third-order valence-corrected chi connectivity index (χ3v) is 5.62. The zero-order valence-corrected chi connectivity index (χ0v) is 12.5. The van der Waals surface area contributed by atoms with Gasteiger partial charge < -0.3 is 5.73 Å². The smallest absolute Gasteiger partial charge is 0.0331 e. The van der Waals surface area contributed by atoms with E-state index in [-0.39, 0.29) is 0 Å². The second kappa shape index (κ2) is 6.38. The van der Waals surface area contributed by atoms with Gasteiger partial charge in [-0.3, -0.25) is 4.90 Å². The largest absolute Gasteiger partial charge is 0.329 e. The summed E-state index contributed by atoms with van der Waals surface area (Å²) >= 11 is 0. The van der Waals surface area contributed by atoms with Crippen molar-refractivity contribution in [3.63, 3.8) is 0 Å². The minimum atomic E-state index is 0.318. The summed E-state index contributed by atoms with van der Waals surface area (Å²) in [6, 6.07) is 0.787. The summed E-state index contributed by atoms with van der Waals surface area (Å²) in [7, 11) is 2.36. The van der Waals surface area contributed by atoms with Crippen molar-refractivity contribution >= 4 is 0 Å². The van der Waals surface area contributed by atoms with Crippen LogP contribution in [0.25, 0.3) is 0 Å². The molecule has 0 aromatic rings. The summed E-state index contributed by atoms with van der Waals surface area (Å²) < 4.78 is 0. The van der Waals surface area contributed by atoms with Crippen molar-refractivity contribution < 1.29 is 0 Å². The van der Waals surface area contributed by atoms with E-state index in [0.717, 1.165) is 18.5 Å². The van der Waals surface area contributed by atoms with Gasteiger partial charge in [0.2, 0.25) is 0 Å². The number of hydrogen-bond acceptors (Lipinski definition) is 2. The third-order valence-electron chi connectivity index (χ3n) is 5.62. The van der Waals surface area contributed by atoms with Crippen LogP contribution < -0.4 is 5.73 Å². The van der Waals surface area contributed by atoms with Crippen molar-refractivity contribution in [2.24, 2.45) is 11.7 Å². The summed E-state index contributed by atoms with van der Waals surface area (Å²) in [6.45, 7) is 3.27. The molecule has 0 aromatic heterocycles. The highest BCUT2D eigenvalue weighted by Crippen LogP contribution is 2.36. The van der Waals surface area contributed by atoms with Crippen LogP contribution in [0, 0.1) is 5.92 Å². The van der Waals surface area contributed by atoms with E-state index in [1.807, 2.05) is 0 Å². The Bertz CT molecular complexity index is 243. The molecule has 0 saturated heterocycles. The predicted octanol–water partition coefficient (Wildman–Crippen LogP) is 3.55. The first-order valence-corrected chi connectivity index (χ1v) is 8.11. The van der Waals surface area contributed by atoms with Gasteiger partial charge in [-0.25, -0.2) is 0 Å². The maximum absolute atomic E-state index is 6.21. The summed E-state index contributed by atoms with van der Waals surface area (Å²) in [5.41, 5.74) is 6.53. The number of likely N-dealkylation sites (N-methyl/N-ethyl adjacent to an activating group) is 1. The molecule has 18 heavy (non-hydrogen) atoms. The Hall–Kier alpha value is -0.0800. The Labute approximate surface area is 113 Å². The molecule has 2 aliphatic carbocycles. The Balaban J connectivity index is 2.05. The van der Waals surface area contributed by atoms with E-state index in [0.29, 0.717) is 5.54 Å². The van der Waals surface area contributed by atoms with Crippen LogP contribution in [0.15, 0.2) is 0 Å². The number of hydrogen-bond donors (Lipinski definition) is 1. The molecule has 2 nitrogen and oxygen atoms in total. The molecule has 2 saturated carbocycles. The molecule has 2 unspecified atom stereocenters.